The summed E-state index contributed by atoms with van der Waals surface area (Å²) in [6, 6.07) is 11.8. The molecule has 23 heavy (non-hydrogen) atoms. The summed E-state index contributed by atoms with van der Waals surface area (Å²) in [5.74, 6) is 1.50. The Morgan fingerprint density at radius 1 is 1.30 bits per heavy atom. The van der Waals surface area contributed by atoms with E-state index in [0.717, 1.165) is 16.2 Å². The van der Waals surface area contributed by atoms with Crippen molar-refractivity contribution in [3.8, 4) is 17.1 Å². The van der Waals surface area contributed by atoms with Crippen molar-refractivity contribution in [2.24, 2.45) is 5.10 Å². The Kier molecular flexibility index (Phi) is 4.68. The predicted octanol–water partition coefficient (Wildman–Crippen LogP) is 4.26. The van der Waals surface area contributed by atoms with E-state index in [0.29, 0.717) is 17.2 Å². The van der Waals surface area contributed by atoms with E-state index >= 15 is 0 Å². The molecule has 0 aliphatic carbocycles. The number of H-pyrrole nitrogens is 1. The molecule has 7 heteroatoms. The zero-order valence-electron chi connectivity index (χ0n) is 12.8. The first kappa shape index (κ1) is 15.6. The normalized spacial score (nSPS) is 11.2. The second-order valence-corrected chi connectivity index (χ2v) is 6.52. The van der Waals surface area contributed by atoms with Gasteiger partial charge in [-0.2, -0.15) is 14.9 Å². The van der Waals surface area contributed by atoms with Crippen LogP contribution in [-0.4, -0.2) is 27.7 Å². The molecule has 0 saturated carbocycles. The standard InChI is InChI=1S/C16H16N4OS2/c1-3-21-13-7-5-12(6-8-13)15-18-19-16(22)20(15)17-10-14-9-4-11(2)23-14/h4-10H,3H2,1-2H3,(H,19,22)/b17-10+. The number of hydrogen-bond acceptors (Lipinski definition) is 5. The fourth-order valence-corrected chi connectivity index (χ4v) is 3.01. The first-order valence-electron chi connectivity index (χ1n) is 7.19. The van der Waals surface area contributed by atoms with E-state index in [-0.39, 0.29) is 0 Å². The Morgan fingerprint density at radius 3 is 2.74 bits per heavy atom. The minimum atomic E-state index is 0.457. The number of nitrogens with zero attached hydrogens (tertiary/aromatic N) is 3. The van der Waals surface area contributed by atoms with E-state index in [1.54, 1.807) is 22.2 Å². The van der Waals surface area contributed by atoms with Gasteiger partial charge in [0, 0.05) is 15.3 Å². The molecule has 5 nitrogen and oxygen atoms in total. The van der Waals surface area contributed by atoms with Gasteiger partial charge in [-0.05, 0) is 62.5 Å². The molecular formula is C16H16N4OS2. The minimum Gasteiger partial charge on any atom is -0.494 e. The van der Waals surface area contributed by atoms with Gasteiger partial charge < -0.3 is 4.74 Å². The zero-order chi connectivity index (χ0) is 16.2. The highest BCUT2D eigenvalue weighted by atomic mass is 32.1. The molecular weight excluding hydrogens is 328 g/mol. The van der Waals surface area contributed by atoms with Gasteiger partial charge in [0.15, 0.2) is 5.82 Å². The average Bonchev–Trinajstić information content (AvgIpc) is 3.12. The van der Waals surface area contributed by atoms with Crippen molar-refractivity contribution in [1.82, 2.24) is 14.9 Å². The van der Waals surface area contributed by atoms with Crippen LogP contribution < -0.4 is 4.74 Å². The van der Waals surface area contributed by atoms with Crippen molar-refractivity contribution < 1.29 is 4.74 Å². The fraction of sp³-hybridized carbons (Fsp3) is 0.188. The fourth-order valence-electron chi connectivity index (χ4n) is 2.09. The molecule has 3 rings (SSSR count). The Hall–Kier alpha value is -2.25. The van der Waals surface area contributed by atoms with Gasteiger partial charge in [0.05, 0.1) is 12.8 Å². The van der Waals surface area contributed by atoms with Crippen LogP contribution in [0.4, 0.5) is 0 Å². The highest BCUT2D eigenvalue weighted by molar-refractivity contribution is 7.71. The Labute approximate surface area is 143 Å². The Morgan fingerprint density at radius 2 is 2.09 bits per heavy atom. The maximum absolute atomic E-state index is 5.46. The first-order chi connectivity index (χ1) is 11.2. The van der Waals surface area contributed by atoms with Gasteiger partial charge in [-0.3, -0.25) is 0 Å². The van der Waals surface area contributed by atoms with E-state index in [2.05, 4.69) is 28.3 Å². The molecule has 0 bridgehead atoms. The summed E-state index contributed by atoms with van der Waals surface area (Å²) in [6.07, 6.45) is 1.79. The van der Waals surface area contributed by atoms with Crippen LogP contribution in [0.25, 0.3) is 11.4 Å². The maximum atomic E-state index is 5.46. The van der Waals surface area contributed by atoms with Gasteiger partial charge in [0.1, 0.15) is 5.75 Å². The lowest BCUT2D eigenvalue weighted by atomic mass is 10.2. The summed E-state index contributed by atoms with van der Waals surface area (Å²) in [5, 5.41) is 11.5. The summed E-state index contributed by atoms with van der Waals surface area (Å²) in [4.78, 5) is 2.32. The second kappa shape index (κ2) is 6.89. The Bertz CT molecular complexity index is 874. The van der Waals surface area contributed by atoms with Gasteiger partial charge in [-0.15, -0.1) is 11.3 Å². The van der Waals surface area contributed by atoms with Gasteiger partial charge in [0.2, 0.25) is 4.77 Å². The lowest BCUT2D eigenvalue weighted by molar-refractivity contribution is 0.340. The van der Waals surface area contributed by atoms with E-state index in [1.165, 1.54) is 4.88 Å². The van der Waals surface area contributed by atoms with Crippen molar-refractivity contribution >= 4 is 29.8 Å². The van der Waals surface area contributed by atoms with Crippen LogP contribution in [-0.2, 0) is 0 Å². The molecule has 0 spiro atoms. The van der Waals surface area contributed by atoms with Crippen molar-refractivity contribution in [3.05, 3.63) is 50.9 Å². The predicted molar refractivity (Wildman–Crippen MR) is 96.1 cm³/mol. The summed E-state index contributed by atoms with van der Waals surface area (Å²) in [7, 11) is 0. The molecule has 1 aromatic carbocycles. The monoisotopic (exact) mass is 344 g/mol. The Balaban J connectivity index is 1.92. The topological polar surface area (TPSA) is 55.2 Å². The lowest BCUT2D eigenvalue weighted by Gasteiger charge is -2.04. The molecule has 0 amide bonds. The number of nitrogens with one attached hydrogen (secondary N) is 1. The number of aryl methyl sites for hydroxylation is 1. The summed E-state index contributed by atoms with van der Waals surface area (Å²) in [6.45, 7) is 4.67. The van der Waals surface area contributed by atoms with Crippen LogP contribution >= 0.6 is 23.6 Å². The molecule has 0 unspecified atom stereocenters. The number of hydrogen-bond donors (Lipinski definition) is 1. The summed E-state index contributed by atoms with van der Waals surface area (Å²) in [5.41, 5.74) is 0.917. The number of benzene rings is 1. The smallest absolute Gasteiger partial charge is 0.216 e. The molecule has 0 radical (unpaired) electrons. The van der Waals surface area contributed by atoms with E-state index < -0.39 is 0 Å². The number of ether oxygens (including phenoxy) is 1. The van der Waals surface area contributed by atoms with Gasteiger partial charge in [0.25, 0.3) is 0 Å². The molecule has 0 aliphatic rings. The van der Waals surface area contributed by atoms with Crippen LogP contribution in [0.3, 0.4) is 0 Å². The third-order valence-corrected chi connectivity index (χ3v) is 4.34. The number of aromatic amines is 1. The average molecular weight is 344 g/mol. The van der Waals surface area contributed by atoms with Gasteiger partial charge in [-0.25, -0.2) is 5.10 Å². The number of rotatable bonds is 5. The summed E-state index contributed by atoms with van der Waals surface area (Å²) < 4.78 is 7.54. The quantitative estimate of drug-likeness (QED) is 0.556. The van der Waals surface area contributed by atoms with E-state index in [9.17, 15) is 0 Å². The van der Waals surface area contributed by atoms with Crippen molar-refractivity contribution in [2.75, 3.05) is 6.61 Å². The molecule has 0 fully saturated rings. The molecule has 118 valence electrons. The van der Waals surface area contributed by atoms with E-state index in [4.69, 9.17) is 17.0 Å². The van der Waals surface area contributed by atoms with Crippen LogP contribution in [0.5, 0.6) is 5.75 Å². The maximum Gasteiger partial charge on any atom is 0.216 e. The molecule has 2 heterocycles. The van der Waals surface area contributed by atoms with Crippen molar-refractivity contribution in [1.29, 1.82) is 0 Å². The van der Waals surface area contributed by atoms with Crippen LogP contribution in [0.15, 0.2) is 41.5 Å². The molecule has 1 N–H and O–H groups in total. The highest BCUT2D eigenvalue weighted by Gasteiger charge is 2.08. The van der Waals surface area contributed by atoms with Crippen molar-refractivity contribution in [3.63, 3.8) is 0 Å². The number of aromatic nitrogens is 3. The number of thiophene rings is 1. The summed E-state index contributed by atoms with van der Waals surface area (Å²) >= 11 is 6.95. The van der Waals surface area contributed by atoms with Gasteiger partial charge >= 0.3 is 0 Å². The molecule has 0 aliphatic heterocycles. The zero-order valence-corrected chi connectivity index (χ0v) is 14.4. The van der Waals surface area contributed by atoms with Crippen molar-refractivity contribution in [2.45, 2.75) is 13.8 Å². The third kappa shape index (κ3) is 3.57. The SMILES string of the molecule is CCOc1ccc(-c2n[nH]c(=S)n2/N=C/c2ccc(C)s2)cc1. The van der Waals surface area contributed by atoms with Crippen LogP contribution in [0.1, 0.15) is 16.7 Å². The van der Waals surface area contributed by atoms with Crippen LogP contribution in [0.2, 0.25) is 0 Å². The largest absolute Gasteiger partial charge is 0.494 e. The molecule has 0 atom stereocenters. The van der Waals surface area contributed by atoms with Gasteiger partial charge in [-0.1, -0.05) is 0 Å². The second-order valence-electron chi connectivity index (χ2n) is 4.81. The first-order valence-corrected chi connectivity index (χ1v) is 8.41. The van der Waals surface area contributed by atoms with Crippen LogP contribution in [0, 0.1) is 11.7 Å². The third-order valence-electron chi connectivity index (χ3n) is 3.14. The highest BCUT2D eigenvalue weighted by Crippen LogP contribution is 2.21. The molecule has 2 aromatic heterocycles. The molecule has 0 saturated heterocycles. The minimum absolute atomic E-state index is 0.457. The lowest BCUT2D eigenvalue weighted by Crippen LogP contribution is -1.95. The molecule has 3 aromatic rings. The van der Waals surface area contributed by atoms with E-state index in [1.807, 2.05) is 37.3 Å².